The van der Waals surface area contributed by atoms with E-state index in [1.807, 2.05) is 0 Å². The summed E-state index contributed by atoms with van der Waals surface area (Å²) >= 11 is 0. The van der Waals surface area contributed by atoms with Gasteiger partial charge in [0.15, 0.2) is 0 Å². The number of hydrogen-bond donors (Lipinski definition) is 0. The largest absolute Gasteiger partial charge is 0.0616 e. The number of aryl methyl sites for hydroxylation is 1. The van der Waals surface area contributed by atoms with E-state index in [1.54, 1.807) is 0 Å². The molecule has 0 unspecified atom stereocenters. The molecule has 0 amide bonds. The van der Waals surface area contributed by atoms with Gasteiger partial charge in [-0.3, -0.25) is 0 Å². The molecule has 5 rings (SSSR count). The third-order valence-electron chi connectivity index (χ3n) is 5.01. The Bertz CT molecular complexity index is 1210. The fourth-order valence-electron chi connectivity index (χ4n) is 3.98. The van der Waals surface area contributed by atoms with Crippen molar-refractivity contribution in [1.29, 1.82) is 0 Å². The first-order chi connectivity index (χ1) is 11.3. The first kappa shape index (κ1) is 12.7. The van der Waals surface area contributed by atoms with E-state index in [1.165, 1.54) is 48.7 Å². The maximum Gasteiger partial charge on any atom is -0.00633 e. The van der Waals surface area contributed by atoms with Gasteiger partial charge in [0.2, 0.25) is 0 Å². The molecular weight excluding hydrogens is 276 g/mol. The van der Waals surface area contributed by atoms with Crippen LogP contribution in [0.5, 0.6) is 0 Å². The molecule has 0 atom stereocenters. The molecule has 0 fully saturated rings. The van der Waals surface area contributed by atoms with Crippen LogP contribution in [-0.4, -0.2) is 0 Å². The minimum absolute atomic E-state index is 1.32. The maximum atomic E-state index is 2.35. The van der Waals surface area contributed by atoms with Gasteiger partial charge in [-0.05, 0) is 61.6 Å². The summed E-state index contributed by atoms with van der Waals surface area (Å²) in [4.78, 5) is 0. The van der Waals surface area contributed by atoms with Crippen LogP contribution in [0.25, 0.3) is 43.1 Å². The van der Waals surface area contributed by atoms with Gasteiger partial charge in [-0.2, -0.15) is 0 Å². The van der Waals surface area contributed by atoms with Crippen molar-refractivity contribution in [1.82, 2.24) is 0 Å². The Labute approximate surface area is 135 Å². The molecule has 0 nitrogen and oxygen atoms in total. The molecule has 5 aromatic carbocycles. The summed E-state index contributed by atoms with van der Waals surface area (Å²) in [6, 6.07) is 28.6. The lowest BCUT2D eigenvalue weighted by Crippen LogP contribution is -1.88. The third kappa shape index (κ3) is 1.66. The smallest absolute Gasteiger partial charge is 0.00633 e. The summed E-state index contributed by atoms with van der Waals surface area (Å²) < 4.78 is 0. The van der Waals surface area contributed by atoms with Crippen LogP contribution < -0.4 is 0 Å². The number of fused-ring (bicyclic) bond motifs is 7. The van der Waals surface area contributed by atoms with E-state index in [-0.39, 0.29) is 0 Å². The summed E-state index contributed by atoms with van der Waals surface area (Å²) in [7, 11) is 0. The first-order valence-electron chi connectivity index (χ1n) is 8.06. The van der Waals surface area contributed by atoms with E-state index in [0.29, 0.717) is 0 Å². The molecule has 0 N–H and O–H groups in total. The van der Waals surface area contributed by atoms with Gasteiger partial charge in [-0.1, -0.05) is 72.8 Å². The molecular formula is C23H16. The van der Waals surface area contributed by atoms with Crippen LogP contribution in [0.3, 0.4) is 0 Å². The predicted molar refractivity (Wildman–Crippen MR) is 101 cm³/mol. The van der Waals surface area contributed by atoms with Crippen molar-refractivity contribution in [3.8, 4) is 0 Å². The molecule has 0 saturated carbocycles. The van der Waals surface area contributed by atoms with Gasteiger partial charge in [0, 0.05) is 0 Å². The van der Waals surface area contributed by atoms with E-state index in [4.69, 9.17) is 0 Å². The molecule has 0 bridgehead atoms. The lowest BCUT2D eigenvalue weighted by atomic mass is 9.89. The highest BCUT2D eigenvalue weighted by Crippen LogP contribution is 2.39. The fraction of sp³-hybridized carbons (Fsp3) is 0.0435. The van der Waals surface area contributed by atoms with Crippen molar-refractivity contribution in [2.75, 3.05) is 0 Å². The second-order valence-corrected chi connectivity index (χ2v) is 6.24. The van der Waals surface area contributed by atoms with E-state index in [2.05, 4.69) is 85.8 Å². The average Bonchev–Trinajstić information content (AvgIpc) is 2.62. The Hall–Kier alpha value is -2.86. The van der Waals surface area contributed by atoms with Gasteiger partial charge in [-0.15, -0.1) is 0 Å². The quantitative estimate of drug-likeness (QED) is 0.222. The topological polar surface area (TPSA) is 0 Å². The van der Waals surface area contributed by atoms with Gasteiger partial charge >= 0.3 is 0 Å². The molecule has 0 radical (unpaired) electrons. The Balaban J connectivity index is 2.22. The van der Waals surface area contributed by atoms with Crippen LogP contribution in [0.15, 0.2) is 78.9 Å². The van der Waals surface area contributed by atoms with Crippen molar-refractivity contribution < 1.29 is 0 Å². The normalized spacial score (nSPS) is 11.7. The maximum absolute atomic E-state index is 2.35. The van der Waals surface area contributed by atoms with E-state index < -0.39 is 0 Å². The molecule has 0 aliphatic heterocycles. The van der Waals surface area contributed by atoms with Gasteiger partial charge in [0.05, 0.1) is 0 Å². The molecule has 0 aliphatic carbocycles. The highest BCUT2D eigenvalue weighted by atomic mass is 14.1. The van der Waals surface area contributed by atoms with Crippen LogP contribution in [-0.2, 0) is 0 Å². The van der Waals surface area contributed by atoms with Crippen molar-refractivity contribution in [2.24, 2.45) is 0 Å². The second-order valence-electron chi connectivity index (χ2n) is 6.24. The van der Waals surface area contributed by atoms with Crippen molar-refractivity contribution in [3.05, 3.63) is 84.4 Å². The summed E-state index contributed by atoms with van der Waals surface area (Å²) in [5, 5.41) is 10.8. The summed E-state index contributed by atoms with van der Waals surface area (Å²) in [6.45, 7) is 2.26. The molecule has 0 heterocycles. The minimum Gasteiger partial charge on any atom is -0.0616 e. The van der Waals surface area contributed by atoms with Crippen LogP contribution in [0, 0.1) is 6.92 Å². The van der Waals surface area contributed by atoms with Crippen LogP contribution in [0.4, 0.5) is 0 Å². The zero-order valence-electron chi connectivity index (χ0n) is 13.0. The van der Waals surface area contributed by atoms with Gasteiger partial charge in [-0.25, -0.2) is 0 Å². The Morgan fingerprint density at radius 2 is 0.957 bits per heavy atom. The standard InChI is InChI=1S/C23H16/c1-15-17-9-3-2-8-16(17)14-22-20-12-5-4-10-18(20)19-11-6-7-13-21(19)23(15)22/h2-14H,1H3. The average molecular weight is 292 g/mol. The number of rotatable bonds is 0. The van der Waals surface area contributed by atoms with E-state index in [9.17, 15) is 0 Å². The first-order valence-corrected chi connectivity index (χ1v) is 8.06. The molecule has 5 aromatic rings. The van der Waals surface area contributed by atoms with Gasteiger partial charge in [0.1, 0.15) is 0 Å². The van der Waals surface area contributed by atoms with Gasteiger partial charge in [0.25, 0.3) is 0 Å². The SMILES string of the molecule is Cc1c2ccccc2cc2c3ccccc3c3ccccc3c12. The van der Waals surface area contributed by atoms with Crippen LogP contribution in [0.2, 0.25) is 0 Å². The lowest BCUT2D eigenvalue weighted by molar-refractivity contribution is 1.60. The minimum atomic E-state index is 1.32. The van der Waals surface area contributed by atoms with Crippen molar-refractivity contribution in [3.63, 3.8) is 0 Å². The molecule has 108 valence electrons. The Kier molecular flexibility index (Phi) is 2.51. The molecule has 23 heavy (non-hydrogen) atoms. The summed E-state index contributed by atoms with van der Waals surface area (Å²) in [6.07, 6.45) is 0. The summed E-state index contributed by atoms with van der Waals surface area (Å²) in [5.74, 6) is 0. The van der Waals surface area contributed by atoms with E-state index in [0.717, 1.165) is 0 Å². The fourth-order valence-corrected chi connectivity index (χ4v) is 3.98. The number of hydrogen-bond acceptors (Lipinski definition) is 0. The lowest BCUT2D eigenvalue weighted by Gasteiger charge is -2.14. The predicted octanol–water partition coefficient (Wildman–Crippen LogP) is 6.61. The zero-order chi connectivity index (χ0) is 15.4. The highest BCUT2D eigenvalue weighted by Gasteiger charge is 2.11. The van der Waals surface area contributed by atoms with E-state index >= 15 is 0 Å². The molecule has 0 spiro atoms. The summed E-state index contributed by atoms with van der Waals surface area (Å²) in [5.41, 5.74) is 1.38. The second kappa shape index (κ2) is 4.57. The van der Waals surface area contributed by atoms with Crippen LogP contribution >= 0.6 is 0 Å². The van der Waals surface area contributed by atoms with Gasteiger partial charge < -0.3 is 0 Å². The zero-order valence-corrected chi connectivity index (χ0v) is 13.0. The molecule has 0 aliphatic rings. The third-order valence-corrected chi connectivity index (χ3v) is 5.01. The molecule has 0 saturated heterocycles. The Morgan fingerprint density at radius 3 is 1.65 bits per heavy atom. The van der Waals surface area contributed by atoms with Crippen molar-refractivity contribution >= 4 is 43.1 Å². The molecule has 0 aromatic heterocycles. The number of benzene rings is 5. The van der Waals surface area contributed by atoms with Crippen LogP contribution in [0.1, 0.15) is 5.56 Å². The molecule has 0 heteroatoms. The Morgan fingerprint density at radius 1 is 0.478 bits per heavy atom. The highest BCUT2D eigenvalue weighted by molar-refractivity contribution is 6.28. The monoisotopic (exact) mass is 292 g/mol. The van der Waals surface area contributed by atoms with Crippen molar-refractivity contribution in [2.45, 2.75) is 6.92 Å².